The molecule has 2 rings (SSSR count). The van der Waals surface area contributed by atoms with Crippen molar-refractivity contribution in [3.63, 3.8) is 0 Å². The molecule has 2 aromatic rings. The van der Waals surface area contributed by atoms with Gasteiger partial charge in [0.15, 0.2) is 6.61 Å². The highest BCUT2D eigenvalue weighted by Gasteiger charge is 2.09. The lowest BCUT2D eigenvalue weighted by Crippen LogP contribution is -2.20. The number of benzene rings is 2. The molecule has 0 atom stereocenters. The minimum absolute atomic E-state index is 0.0462. The molecule has 0 fully saturated rings. The maximum atomic E-state index is 12.1. The number of hydrogen-bond acceptors (Lipinski definition) is 4. The van der Waals surface area contributed by atoms with Crippen LogP contribution in [-0.4, -0.2) is 32.8 Å². The number of halogens is 1. The lowest BCUT2D eigenvalue weighted by Gasteiger charge is -2.13. The number of hydrogen-bond donors (Lipinski definition) is 1. The third-order valence-electron chi connectivity index (χ3n) is 3.47. The van der Waals surface area contributed by atoms with Crippen LogP contribution >= 0.6 is 15.9 Å². The molecular formula is C19H22BrNO4. The second-order valence-corrected chi connectivity index (χ2v) is 6.49. The topological polar surface area (TPSA) is 56.8 Å². The van der Waals surface area contributed by atoms with Crippen molar-refractivity contribution < 1.29 is 19.0 Å². The summed E-state index contributed by atoms with van der Waals surface area (Å²) < 4.78 is 17.1. The summed E-state index contributed by atoms with van der Waals surface area (Å²) in [6.07, 6.45) is 0. The first kappa shape index (κ1) is 19.3. The monoisotopic (exact) mass is 407 g/mol. The Bertz CT molecular complexity index is 693. The zero-order valence-electron chi connectivity index (χ0n) is 14.6. The largest absolute Gasteiger partial charge is 0.491 e. The van der Waals surface area contributed by atoms with Crippen molar-refractivity contribution in [1.29, 1.82) is 0 Å². The van der Waals surface area contributed by atoms with Crippen molar-refractivity contribution in [3.05, 3.63) is 52.0 Å². The SMILES string of the molecule is COCCOc1ccc(NC(=O)COc2c(C)cc(Br)cc2C)cc1. The fourth-order valence-electron chi connectivity index (χ4n) is 2.34. The van der Waals surface area contributed by atoms with Crippen molar-refractivity contribution in [3.8, 4) is 11.5 Å². The maximum absolute atomic E-state index is 12.1. The predicted molar refractivity (Wildman–Crippen MR) is 102 cm³/mol. The van der Waals surface area contributed by atoms with Gasteiger partial charge in [0.25, 0.3) is 5.91 Å². The molecule has 6 heteroatoms. The zero-order valence-corrected chi connectivity index (χ0v) is 16.2. The molecule has 25 heavy (non-hydrogen) atoms. The van der Waals surface area contributed by atoms with E-state index in [1.165, 1.54) is 0 Å². The van der Waals surface area contributed by atoms with Gasteiger partial charge in [-0.05, 0) is 61.4 Å². The molecule has 0 spiro atoms. The molecule has 1 amide bonds. The van der Waals surface area contributed by atoms with E-state index in [4.69, 9.17) is 14.2 Å². The molecule has 0 heterocycles. The van der Waals surface area contributed by atoms with Gasteiger partial charge in [0.1, 0.15) is 18.1 Å². The number of carbonyl (C=O) groups excluding carboxylic acids is 1. The van der Waals surface area contributed by atoms with E-state index < -0.39 is 0 Å². The van der Waals surface area contributed by atoms with E-state index in [1.807, 2.05) is 26.0 Å². The quantitative estimate of drug-likeness (QED) is 0.668. The number of rotatable bonds is 8. The highest BCUT2D eigenvalue weighted by atomic mass is 79.9. The summed E-state index contributed by atoms with van der Waals surface area (Å²) in [5, 5.41) is 2.80. The molecule has 0 saturated heterocycles. The van der Waals surface area contributed by atoms with Crippen LogP contribution in [0.2, 0.25) is 0 Å². The molecule has 0 saturated carbocycles. The van der Waals surface area contributed by atoms with E-state index in [-0.39, 0.29) is 12.5 Å². The standard InChI is InChI=1S/C19H22BrNO4/c1-13-10-15(20)11-14(2)19(13)25-12-18(22)21-16-4-6-17(7-5-16)24-9-8-23-3/h4-7,10-11H,8-9,12H2,1-3H3,(H,21,22). The third kappa shape index (κ3) is 6.07. The van der Waals surface area contributed by atoms with Crippen molar-refractivity contribution in [2.45, 2.75) is 13.8 Å². The van der Waals surface area contributed by atoms with Gasteiger partial charge in [0, 0.05) is 17.3 Å². The van der Waals surface area contributed by atoms with E-state index in [2.05, 4.69) is 21.2 Å². The van der Waals surface area contributed by atoms with Gasteiger partial charge in [-0.15, -0.1) is 0 Å². The van der Waals surface area contributed by atoms with Crippen molar-refractivity contribution in [2.75, 3.05) is 32.2 Å². The van der Waals surface area contributed by atoms with Crippen molar-refractivity contribution >= 4 is 27.5 Å². The van der Waals surface area contributed by atoms with Crippen LogP contribution in [0.25, 0.3) is 0 Å². The number of carbonyl (C=O) groups is 1. The second kappa shape index (κ2) is 9.44. The van der Waals surface area contributed by atoms with E-state index in [0.717, 1.165) is 27.1 Å². The van der Waals surface area contributed by atoms with Crippen LogP contribution in [0.15, 0.2) is 40.9 Å². The zero-order chi connectivity index (χ0) is 18.2. The van der Waals surface area contributed by atoms with Gasteiger partial charge in [-0.1, -0.05) is 15.9 Å². The van der Waals surface area contributed by atoms with Crippen LogP contribution in [0.5, 0.6) is 11.5 Å². The summed E-state index contributed by atoms with van der Waals surface area (Å²) in [6.45, 7) is 4.88. The Morgan fingerprint density at radius 3 is 2.28 bits per heavy atom. The van der Waals surface area contributed by atoms with Crippen LogP contribution in [0.4, 0.5) is 5.69 Å². The molecule has 0 bridgehead atoms. The minimum Gasteiger partial charge on any atom is -0.491 e. The molecular weight excluding hydrogens is 386 g/mol. The summed E-state index contributed by atoms with van der Waals surface area (Å²) in [7, 11) is 1.63. The maximum Gasteiger partial charge on any atom is 0.262 e. The normalized spacial score (nSPS) is 10.4. The Morgan fingerprint density at radius 1 is 1.04 bits per heavy atom. The average molecular weight is 408 g/mol. The number of ether oxygens (including phenoxy) is 3. The lowest BCUT2D eigenvalue weighted by molar-refractivity contribution is -0.118. The summed E-state index contributed by atoms with van der Waals surface area (Å²) in [4.78, 5) is 12.1. The molecule has 2 aromatic carbocycles. The average Bonchev–Trinajstić information content (AvgIpc) is 2.55. The van der Waals surface area contributed by atoms with Gasteiger partial charge in [0.2, 0.25) is 0 Å². The smallest absolute Gasteiger partial charge is 0.262 e. The Balaban J connectivity index is 1.86. The van der Waals surface area contributed by atoms with E-state index in [9.17, 15) is 4.79 Å². The summed E-state index contributed by atoms with van der Waals surface area (Å²) >= 11 is 3.44. The number of nitrogens with one attached hydrogen (secondary N) is 1. The molecule has 134 valence electrons. The molecule has 0 aromatic heterocycles. The van der Waals surface area contributed by atoms with Gasteiger partial charge in [-0.3, -0.25) is 4.79 Å². The highest BCUT2D eigenvalue weighted by molar-refractivity contribution is 9.10. The number of aryl methyl sites for hydroxylation is 2. The molecule has 0 aliphatic heterocycles. The molecule has 0 unspecified atom stereocenters. The molecule has 5 nitrogen and oxygen atoms in total. The van der Waals surface area contributed by atoms with Crippen LogP contribution in [0.3, 0.4) is 0 Å². The Labute approximate surface area is 156 Å². The summed E-state index contributed by atoms with van der Waals surface area (Å²) in [5.41, 5.74) is 2.66. The number of amides is 1. The fourth-order valence-corrected chi connectivity index (χ4v) is 3.02. The van der Waals surface area contributed by atoms with Crippen LogP contribution < -0.4 is 14.8 Å². The Morgan fingerprint density at radius 2 is 1.68 bits per heavy atom. The second-order valence-electron chi connectivity index (χ2n) is 5.57. The fraction of sp³-hybridized carbons (Fsp3) is 0.316. The summed E-state index contributed by atoms with van der Waals surface area (Å²) in [6, 6.07) is 11.1. The van der Waals surface area contributed by atoms with Crippen LogP contribution in [-0.2, 0) is 9.53 Å². The van der Waals surface area contributed by atoms with Crippen LogP contribution in [0, 0.1) is 13.8 Å². The van der Waals surface area contributed by atoms with Gasteiger partial charge >= 0.3 is 0 Å². The molecule has 1 N–H and O–H groups in total. The lowest BCUT2D eigenvalue weighted by atomic mass is 10.1. The predicted octanol–water partition coefficient (Wildman–Crippen LogP) is 4.11. The van der Waals surface area contributed by atoms with E-state index >= 15 is 0 Å². The molecule has 0 aliphatic rings. The minimum atomic E-state index is -0.213. The van der Waals surface area contributed by atoms with Crippen molar-refractivity contribution in [1.82, 2.24) is 0 Å². The van der Waals surface area contributed by atoms with Crippen molar-refractivity contribution in [2.24, 2.45) is 0 Å². The first-order chi connectivity index (χ1) is 12.0. The number of anilines is 1. The van der Waals surface area contributed by atoms with Gasteiger partial charge in [-0.25, -0.2) is 0 Å². The third-order valence-corrected chi connectivity index (χ3v) is 3.92. The van der Waals surface area contributed by atoms with Gasteiger partial charge < -0.3 is 19.5 Å². The van der Waals surface area contributed by atoms with E-state index in [1.54, 1.807) is 31.4 Å². The van der Waals surface area contributed by atoms with E-state index in [0.29, 0.717) is 18.9 Å². The molecule has 0 aliphatic carbocycles. The van der Waals surface area contributed by atoms with Gasteiger partial charge in [0.05, 0.1) is 6.61 Å². The van der Waals surface area contributed by atoms with Crippen LogP contribution in [0.1, 0.15) is 11.1 Å². The van der Waals surface area contributed by atoms with Gasteiger partial charge in [-0.2, -0.15) is 0 Å². The number of methoxy groups -OCH3 is 1. The summed E-state index contributed by atoms with van der Waals surface area (Å²) in [5.74, 6) is 1.25. The Kier molecular flexibility index (Phi) is 7.28. The molecule has 0 radical (unpaired) electrons. The Hall–Kier alpha value is -2.05. The first-order valence-corrected chi connectivity index (χ1v) is 8.70. The highest BCUT2D eigenvalue weighted by Crippen LogP contribution is 2.27. The first-order valence-electron chi connectivity index (χ1n) is 7.91.